The Balaban J connectivity index is 2.29. The Morgan fingerprint density at radius 1 is 1.35 bits per heavy atom. The summed E-state index contributed by atoms with van der Waals surface area (Å²) in [6.45, 7) is 0. The summed E-state index contributed by atoms with van der Waals surface area (Å²) in [5.74, 6) is 0.298. The molecule has 0 aliphatic heterocycles. The van der Waals surface area contributed by atoms with Gasteiger partial charge >= 0.3 is 5.69 Å². The lowest BCUT2D eigenvalue weighted by atomic mass is 9.90. The Kier molecular flexibility index (Phi) is 4.44. The fourth-order valence-corrected chi connectivity index (χ4v) is 2.83. The first-order valence-electron chi connectivity index (χ1n) is 6.84. The molecule has 0 spiro atoms. The lowest BCUT2D eigenvalue weighted by molar-refractivity contribution is -0.385. The molecular formula is C14H21N3O3. The maximum absolute atomic E-state index is 11.3. The van der Waals surface area contributed by atoms with E-state index in [1.807, 2.05) is 11.9 Å². The van der Waals surface area contributed by atoms with Crippen LogP contribution in [0.4, 0.5) is 11.4 Å². The molecule has 6 heteroatoms. The third kappa shape index (κ3) is 2.85. The van der Waals surface area contributed by atoms with Crippen molar-refractivity contribution < 1.29 is 9.66 Å². The fourth-order valence-electron chi connectivity index (χ4n) is 2.83. The van der Waals surface area contributed by atoms with E-state index in [0.29, 0.717) is 17.5 Å². The molecule has 1 fully saturated rings. The Bertz CT molecular complexity index is 485. The minimum atomic E-state index is -0.376. The van der Waals surface area contributed by atoms with Crippen LogP contribution in [-0.2, 0) is 0 Å². The first-order chi connectivity index (χ1) is 9.54. The third-order valence-electron chi connectivity index (χ3n) is 4.05. The molecule has 2 N–H and O–H groups in total. The number of ether oxygens (including phenoxy) is 1. The van der Waals surface area contributed by atoms with Crippen molar-refractivity contribution >= 4 is 11.4 Å². The van der Waals surface area contributed by atoms with Crippen LogP contribution in [0.5, 0.6) is 5.75 Å². The van der Waals surface area contributed by atoms with Gasteiger partial charge in [-0.2, -0.15) is 0 Å². The van der Waals surface area contributed by atoms with Gasteiger partial charge in [0.15, 0.2) is 5.75 Å². The molecule has 0 heterocycles. The molecule has 0 saturated heterocycles. The first-order valence-corrected chi connectivity index (χ1v) is 6.84. The molecule has 1 aliphatic rings. The number of benzene rings is 1. The second kappa shape index (κ2) is 6.09. The maximum atomic E-state index is 11.3. The Hall–Kier alpha value is -1.82. The Morgan fingerprint density at radius 2 is 2.00 bits per heavy atom. The zero-order valence-electron chi connectivity index (χ0n) is 11.9. The van der Waals surface area contributed by atoms with Gasteiger partial charge in [0.1, 0.15) is 5.69 Å². The molecule has 20 heavy (non-hydrogen) atoms. The SMILES string of the molecule is COc1cccc(N(C)C2CCC(N)CC2)c1[N+](=O)[O-]. The first kappa shape index (κ1) is 14.6. The molecule has 1 aromatic rings. The lowest BCUT2D eigenvalue weighted by Gasteiger charge is -2.34. The highest BCUT2D eigenvalue weighted by Crippen LogP contribution is 2.38. The number of anilines is 1. The van der Waals surface area contributed by atoms with Crippen LogP contribution in [0.2, 0.25) is 0 Å². The molecule has 0 aromatic heterocycles. The predicted molar refractivity (Wildman–Crippen MR) is 78.3 cm³/mol. The number of nitro groups is 1. The number of hydrogen-bond donors (Lipinski definition) is 1. The van der Waals surface area contributed by atoms with Gasteiger partial charge in [0, 0.05) is 19.1 Å². The molecular weight excluding hydrogens is 258 g/mol. The lowest BCUT2D eigenvalue weighted by Crippen LogP contribution is -2.39. The predicted octanol–water partition coefficient (Wildman–Crippen LogP) is 2.31. The summed E-state index contributed by atoms with van der Waals surface area (Å²) in [4.78, 5) is 12.9. The van der Waals surface area contributed by atoms with Crippen molar-refractivity contribution in [2.24, 2.45) is 5.73 Å². The van der Waals surface area contributed by atoms with Gasteiger partial charge < -0.3 is 15.4 Å². The van der Waals surface area contributed by atoms with Gasteiger partial charge in [-0.1, -0.05) is 6.07 Å². The molecule has 1 aromatic carbocycles. The van der Waals surface area contributed by atoms with E-state index in [0.717, 1.165) is 25.7 Å². The fraction of sp³-hybridized carbons (Fsp3) is 0.571. The van der Waals surface area contributed by atoms with Crippen molar-refractivity contribution in [2.75, 3.05) is 19.1 Å². The molecule has 1 saturated carbocycles. The van der Waals surface area contributed by atoms with Crippen LogP contribution in [0.15, 0.2) is 18.2 Å². The summed E-state index contributed by atoms with van der Waals surface area (Å²) in [5, 5.41) is 11.3. The van der Waals surface area contributed by atoms with E-state index in [-0.39, 0.29) is 16.7 Å². The van der Waals surface area contributed by atoms with E-state index in [1.54, 1.807) is 18.2 Å². The van der Waals surface area contributed by atoms with Gasteiger partial charge in [0.2, 0.25) is 0 Å². The third-order valence-corrected chi connectivity index (χ3v) is 4.05. The van der Waals surface area contributed by atoms with Gasteiger partial charge in [0.05, 0.1) is 12.0 Å². The second-order valence-electron chi connectivity index (χ2n) is 5.26. The summed E-state index contributed by atoms with van der Waals surface area (Å²) in [6.07, 6.45) is 3.86. The molecule has 0 radical (unpaired) electrons. The molecule has 0 amide bonds. The number of nitrogens with zero attached hydrogens (tertiary/aromatic N) is 2. The van der Waals surface area contributed by atoms with Gasteiger partial charge in [-0.3, -0.25) is 10.1 Å². The average molecular weight is 279 g/mol. The highest BCUT2D eigenvalue weighted by Gasteiger charge is 2.28. The molecule has 6 nitrogen and oxygen atoms in total. The Morgan fingerprint density at radius 3 is 2.55 bits per heavy atom. The van der Waals surface area contributed by atoms with Crippen molar-refractivity contribution in [1.82, 2.24) is 0 Å². The number of methoxy groups -OCH3 is 1. The van der Waals surface area contributed by atoms with Crippen LogP contribution >= 0.6 is 0 Å². The minimum Gasteiger partial charge on any atom is -0.490 e. The van der Waals surface area contributed by atoms with E-state index >= 15 is 0 Å². The van der Waals surface area contributed by atoms with Gasteiger partial charge in [-0.25, -0.2) is 0 Å². The van der Waals surface area contributed by atoms with Crippen LogP contribution in [0.25, 0.3) is 0 Å². The van der Waals surface area contributed by atoms with Crippen molar-refractivity contribution in [3.8, 4) is 5.75 Å². The highest BCUT2D eigenvalue weighted by molar-refractivity contribution is 5.69. The Labute approximate surface area is 118 Å². The molecule has 110 valence electrons. The smallest absolute Gasteiger partial charge is 0.333 e. The van der Waals surface area contributed by atoms with Crippen molar-refractivity contribution in [2.45, 2.75) is 37.8 Å². The monoisotopic (exact) mass is 279 g/mol. The summed E-state index contributed by atoms with van der Waals surface area (Å²) in [7, 11) is 3.36. The van der Waals surface area contributed by atoms with E-state index in [1.165, 1.54) is 7.11 Å². The van der Waals surface area contributed by atoms with Crippen molar-refractivity contribution in [3.05, 3.63) is 28.3 Å². The van der Waals surface area contributed by atoms with Crippen molar-refractivity contribution in [1.29, 1.82) is 0 Å². The number of para-hydroxylation sites is 1. The van der Waals surface area contributed by atoms with E-state index in [9.17, 15) is 10.1 Å². The minimum absolute atomic E-state index is 0.0346. The highest BCUT2D eigenvalue weighted by atomic mass is 16.6. The molecule has 0 atom stereocenters. The standard InChI is InChI=1S/C14H21N3O3/c1-16(11-8-6-10(15)7-9-11)12-4-3-5-13(20-2)14(12)17(18)19/h3-5,10-11H,6-9,15H2,1-2H3. The van der Waals surface area contributed by atoms with Gasteiger partial charge in [-0.05, 0) is 37.8 Å². The summed E-state index contributed by atoms with van der Waals surface area (Å²) in [6, 6.07) is 5.73. The van der Waals surface area contributed by atoms with Crippen LogP contribution in [0.1, 0.15) is 25.7 Å². The maximum Gasteiger partial charge on any atom is 0.333 e. The molecule has 0 bridgehead atoms. The molecule has 0 unspecified atom stereocenters. The number of nitrogens with two attached hydrogens (primary N) is 1. The topological polar surface area (TPSA) is 81.6 Å². The van der Waals surface area contributed by atoms with Crippen LogP contribution in [0.3, 0.4) is 0 Å². The molecule has 1 aliphatic carbocycles. The van der Waals surface area contributed by atoms with Crippen LogP contribution < -0.4 is 15.4 Å². The summed E-state index contributed by atoms with van der Waals surface area (Å²) in [5.41, 5.74) is 6.55. The zero-order valence-corrected chi connectivity index (χ0v) is 11.9. The number of hydrogen-bond acceptors (Lipinski definition) is 5. The zero-order chi connectivity index (χ0) is 14.7. The quantitative estimate of drug-likeness (QED) is 0.675. The van der Waals surface area contributed by atoms with E-state index in [2.05, 4.69) is 0 Å². The number of rotatable bonds is 4. The average Bonchev–Trinajstić information content (AvgIpc) is 2.46. The largest absolute Gasteiger partial charge is 0.490 e. The normalized spacial score (nSPS) is 22.4. The van der Waals surface area contributed by atoms with Gasteiger partial charge in [0.25, 0.3) is 0 Å². The summed E-state index contributed by atoms with van der Waals surface area (Å²) < 4.78 is 5.11. The number of nitro benzene ring substituents is 1. The van der Waals surface area contributed by atoms with Crippen LogP contribution in [0, 0.1) is 10.1 Å². The van der Waals surface area contributed by atoms with E-state index in [4.69, 9.17) is 10.5 Å². The second-order valence-corrected chi connectivity index (χ2v) is 5.26. The summed E-state index contributed by atoms with van der Waals surface area (Å²) >= 11 is 0. The van der Waals surface area contributed by atoms with Gasteiger partial charge in [-0.15, -0.1) is 0 Å². The van der Waals surface area contributed by atoms with E-state index < -0.39 is 0 Å². The van der Waals surface area contributed by atoms with Crippen molar-refractivity contribution in [3.63, 3.8) is 0 Å². The molecule has 2 rings (SSSR count). The van der Waals surface area contributed by atoms with Crippen LogP contribution in [-0.4, -0.2) is 31.2 Å².